The number of pyridine rings is 1. The summed E-state index contributed by atoms with van der Waals surface area (Å²) < 4.78 is 7.48. The first-order valence-corrected chi connectivity index (χ1v) is 7.46. The molecule has 0 atom stereocenters. The molecular weight excluding hydrogens is 292 g/mol. The van der Waals surface area contributed by atoms with E-state index in [1.807, 2.05) is 45.9 Å². The summed E-state index contributed by atoms with van der Waals surface area (Å²) in [6, 6.07) is 5.83. The molecule has 1 N–H and O–H groups in total. The second-order valence-electron chi connectivity index (χ2n) is 6.32. The van der Waals surface area contributed by atoms with E-state index in [0.29, 0.717) is 18.2 Å². The molecule has 0 amide bonds. The summed E-state index contributed by atoms with van der Waals surface area (Å²) >= 11 is 0. The molecule has 0 aliphatic carbocycles. The van der Waals surface area contributed by atoms with Crippen LogP contribution in [0.15, 0.2) is 30.7 Å². The van der Waals surface area contributed by atoms with Gasteiger partial charge in [-0.15, -0.1) is 0 Å². The molecule has 0 aromatic carbocycles. The topological polar surface area (TPSA) is 77.2 Å². The first-order chi connectivity index (χ1) is 10.9. The number of anilines is 1. The SMILES string of the molecule is Cc1cc(NCc2ccnc(OC(C)(C)C)c2)n2ncnc2n1. The van der Waals surface area contributed by atoms with Gasteiger partial charge in [0.1, 0.15) is 17.7 Å². The highest BCUT2D eigenvalue weighted by Crippen LogP contribution is 2.17. The number of fused-ring (bicyclic) bond motifs is 1. The molecule has 0 unspecified atom stereocenters. The van der Waals surface area contributed by atoms with Gasteiger partial charge in [-0.2, -0.15) is 14.6 Å². The molecule has 3 aromatic heterocycles. The van der Waals surface area contributed by atoms with Crippen molar-refractivity contribution < 1.29 is 4.74 Å². The molecule has 7 heteroatoms. The predicted octanol–water partition coefficient (Wildman–Crippen LogP) is 2.62. The van der Waals surface area contributed by atoms with Crippen LogP contribution in [0, 0.1) is 6.92 Å². The molecule has 0 bridgehead atoms. The first-order valence-electron chi connectivity index (χ1n) is 7.46. The summed E-state index contributed by atoms with van der Waals surface area (Å²) in [6.45, 7) is 8.56. The Bertz CT molecular complexity index is 821. The molecule has 23 heavy (non-hydrogen) atoms. The number of hydrogen-bond acceptors (Lipinski definition) is 6. The molecular formula is C16H20N6O. The average molecular weight is 312 g/mol. The van der Waals surface area contributed by atoms with Gasteiger partial charge in [0.15, 0.2) is 0 Å². The Morgan fingerprint density at radius 2 is 2.04 bits per heavy atom. The van der Waals surface area contributed by atoms with Crippen LogP contribution in [0.3, 0.4) is 0 Å². The molecule has 120 valence electrons. The summed E-state index contributed by atoms with van der Waals surface area (Å²) in [5.41, 5.74) is 1.69. The fourth-order valence-corrected chi connectivity index (χ4v) is 2.18. The smallest absolute Gasteiger partial charge is 0.254 e. The van der Waals surface area contributed by atoms with Crippen LogP contribution in [-0.2, 0) is 6.54 Å². The maximum atomic E-state index is 5.79. The summed E-state index contributed by atoms with van der Waals surface area (Å²) in [5, 5.41) is 7.54. The first kappa shape index (κ1) is 15.2. The van der Waals surface area contributed by atoms with E-state index < -0.39 is 0 Å². The fraction of sp³-hybridized carbons (Fsp3) is 0.375. The summed E-state index contributed by atoms with van der Waals surface area (Å²) in [5.74, 6) is 2.05. The van der Waals surface area contributed by atoms with Crippen molar-refractivity contribution in [2.45, 2.75) is 39.8 Å². The average Bonchev–Trinajstić information content (AvgIpc) is 2.91. The van der Waals surface area contributed by atoms with Crippen LogP contribution in [0.25, 0.3) is 5.78 Å². The number of nitrogens with zero attached hydrogens (tertiary/aromatic N) is 5. The van der Waals surface area contributed by atoms with E-state index in [0.717, 1.165) is 17.1 Å². The molecule has 0 saturated heterocycles. The Morgan fingerprint density at radius 1 is 1.22 bits per heavy atom. The number of ether oxygens (including phenoxy) is 1. The van der Waals surface area contributed by atoms with Crippen molar-refractivity contribution in [3.63, 3.8) is 0 Å². The molecule has 0 aliphatic heterocycles. The van der Waals surface area contributed by atoms with Gasteiger partial charge in [0.25, 0.3) is 5.78 Å². The van der Waals surface area contributed by atoms with Crippen molar-refractivity contribution in [3.05, 3.63) is 42.0 Å². The predicted molar refractivity (Wildman–Crippen MR) is 87.5 cm³/mol. The van der Waals surface area contributed by atoms with Crippen LogP contribution in [0.5, 0.6) is 5.88 Å². The maximum Gasteiger partial charge on any atom is 0.254 e. The molecule has 3 heterocycles. The second-order valence-corrected chi connectivity index (χ2v) is 6.32. The van der Waals surface area contributed by atoms with Gasteiger partial charge in [-0.1, -0.05) is 0 Å². The van der Waals surface area contributed by atoms with Crippen molar-refractivity contribution in [1.29, 1.82) is 0 Å². The summed E-state index contributed by atoms with van der Waals surface area (Å²) in [6.07, 6.45) is 3.25. The molecule has 0 spiro atoms. The number of hydrogen-bond donors (Lipinski definition) is 1. The van der Waals surface area contributed by atoms with Crippen molar-refractivity contribution >= 4 is 11.6 Å². The Balaban J connectivity index is 1.77. The lowest BCUT2D eigenvalue weighted by atomic mass is 10.2. The highest BCUT2D eigenvalue weighted by Gasteiger charge is 2.13. The highest BCUT2D eigenvalue weighted by atomic mass is 16.5. The lowest BCUT2D eigenvalue weighted by Gasteiger charge is -2.20. The third-order valence-electron chi connectivity index (χ3n) is 3.06. The van der Waals surface area contributed by atoms with Gasteiger partial charge in [-0.05, 0) is 39.3 Å². The summed E-state index contributed by atoms with van der Waals surface area (Å²) in [4.78, 5) is 12.7. The minimum atomic E-state index is -0.270. The zero-order valence-electron chi connectivity index (χ0n) is 13.7. The Morgan fingerprint density at radius 3 is 2.83 bits per heavy atom. The standard InChI is InChI=1S/C16H20N6O/c1-11-7-13(22-15(21-11)19-10-20-22)18-9-12-5-6-17-14(8-12)23-16(2,3)4/h5-8,10,18H,9H2,1-4H3. The molecule has 7 nitrogen and oxygen atoms in total. The van der Waals surface area contributed by atoms with Gasteiger partial charge < -0.3 is 10.1 Å². The zero-order valence-corrected chi connectivity index (χ0v) is 13.7. The van der Waals surface area contributed by atoms with Gasteiger partial charge in [-0.3, -0.25) is 0 Å². The zero-order chi connectivity index (χ0) is 16.4. The second kappa shape index (κ2) is 5.83. The monoisotopic (exact) mass is 312 g/mol. The quantitative estimate of drug-likeness (QED) is 0.798. The van der Waals surface area contributed by atoms with Crippen molar-refractivity contribution in [3.8, 4) is 5.88 Å². The number of rotatable bonds is 4. The fourth-order valence-electron chi connectivity index (χ4n) is 2.18. The summed E-state index contributed by atoms with van der Waals surface area (Å²) in [7, 11) is 0. The maximum absolute atomic E-state index is 5.79. The molecule has 3 aromatic rings. The van der Waals surface area contributed by atoms with Gasteiger partial charge in [0, 0.05) is 30.6 Å². The van der Waals surface area contributed by atoms with E-state index in [1.54, 1.807) is 10.7 Å². The van der Waals surface area contributed by atoms with E-state index in [2.05, 4.69) is 25.4 Å². The van der Waals surface area contributed by atoms with Gasteiger partial charge in [-0.25, -0.2) is 9.97 Å². The van der Waals surface area contributed by atoms with Crippen LogP contribution in [0.2, 0.25) is 0 Å². The minimum Gasteiger partial charge on any atom is -0.472 e. The van der Waals surface area contributed by atoms with E-state index in [9.17, 15) is 0 Å². The van der Waals surface area contributed by atoms with Crippen LogP contribution in [0.4, 0.5) is 5.82 Å². The van der Waals surface area contributed by atoms with Crippen LogP contribution in [-0.4, -0.2) is 30.2 Å². The number of aromatic nitrogens is 5. The van der Waals surface area contributed by atoms with Crippen molar-refractivity contribution in [2.75, 3.05) is 5.32 Å². The molecule has 0 fully saturated rings. The van der Waals surface area contributed by atoms with Crippen LogP contribution < -0.4 is 10.1 Å². The van der Waals surface area contributed by atoms with E-state index in [1.165, 1.54) is 6.33 Å². The largest absolute Gasteiger partial charge is 0.472 e. The molecule has 0 radical (unpaired) electrons. The lowest BCUT2D eigenvalue weighted by molar-refractivity contribution is 0.124. The van der Waals surface area contributed by atoms with Gasteiger partial charge >= 0.3 is 0 Å². The third-order valence-corrected chi connectivity index (χ3v) is 3.06. The molecule has 3 rings (SSSR count). The highest BCUT2D eigenvalue weighted by molar-refractivity contribution is 5.45. The van der Waals surface area contributed by atoms with Gasteiger partial charge in [0.2, 0.25) is 5.88 Å². The minimum absolute atomic E-state index is 0.270. The Labute approximate surface area is 134 Å². The molecule has 0 aliphatic rings. The normalized spacial score (nSPS) is 11.7. The Hall–Kier alpha value is -2.70. The molecule has 0 saturated carbocycles. The van der Waals surface area contributed by atoms with E-state index in [-0.39, 0.29) is 5.60 Å². The van der Waals surface area contributed by atoms with Crippen LogP contribution in [0.1, 0.15) is 32.0 Å². The third kappa shape index (κ3) is 3.74. The van der Waals surface area contributed by atoms with E-state index in [4.69, 9.17) is 4.74 Å². The van der Waals surface area contributed by atoms with Gasteiger partial charge in [0.05, 0.1) is 0 Å². The number of nitrogens with one attached hydrogen (secondary N) is 1. The van der Waals surface area contributed by atoms with Crippen LogP contribution >= 0.6 is 0 Å². The Kier molecular flexibility index (Phi) is 3.85. The van der Waals surface area contributed by atoms with E-state index >= 15 is 0 Å². The lowest BCUT2D eigenvalue weighted by Crippen LogP contribution is -2.23. The van der Waals surface area contributed by atoms with Crippen molar-refractivity contribution in [2.24, 2.45) is 0 Å². The number of aryl methyl sites for hydroxylation is 1. The van der Waals surface area contributed by atoms with Crippen molar-refractivity contribution in [1.82, 2.24) is 24.6 Å².